The number of rotatable bonds is 9. The minimum Gasteiger partial charge on any atom is -0.371 e. The normalized spacial score (nSPS) is 10.5. The zero-order chi connectivity index (χ0) is 10.8. The molecule has 0 atom stereocenters. The van der Waals surface area contributed by atoms with E-state index in [2.05, 4.69) is 6.58 Å². The van der Waals surface area contributed by atoms with Gasteiger partial charge in [-0.3, -0.25) is 4.79 Å². The number of ether oxygens (including phenoxy) is 1. The molecule has 0 aliphatic rings. The lowest BCUT2D eigenvalue weighted by atomic mass is 10.1. The summed E-state index contributed by atoms with van der Waals surface area (Å²) in [5.41, 5.74) is 0. The molecule has 0 bridgehead atoms. The highest BCUT2D eigenvalue weighted by Gasteiger charge is 2.02. The average molecular weight is 198 g/mol. The second kappa shape index (κ2) is 8.95. The van der Waals surface area contributed by atoms with Crippen LogP contribution in [-0.2, 0) is 9.53 Å². The number of carbonyl (C=O) groups excluding carboxylic acids is 1. The van der Waals surface area contributed by atoms with Gasteiger partial charge in [-0.05, 0) is 33.1 Å². The molecule has 82 valence electrons. The number of ketones is 1. The minimum atomic E-state index is 0.153. The Labute approximate surface area is 87.3 Å². The summed E-state index contributed by atoms with van der Waals surface area (Å²) in [6.07, 6.45) is 7.01. The fraction of sp³-hybridized carbons (Fsp3) is 0.750. The largest absolute Gasteiger partial charge is 0.371 e. The van der Waals surface area contributed by atoms with Gasteiger partial charge in [0.2, 0.25) is 0 Å². The summed E-state index contributed by atoms with van der Waals surface area (Å²) in [5, 5.41) is 0. The van der Waals surface area contributed by atoms with Gasteiger partial charge in [0.1, 0.15) is 6.61 Å². The molecule has 0 aromatic carbocycles. The predicted octanol–water partition coefficient (Wildman–Crippen LogP) is 3.12. The quantitative estimate of drug-likeness (QED) is 0.420. The third-order valence-corrected chi connectivity index (χ3v) is 1.94. The van der Waals surface area contributed by atoms with E-state index in [-0.39, 0.29) is 18.5 Å². The second-order valence-corrected chi connectivity index (χ2v) is 3.79. The number of unbranched alkanes of at least 4 members (excludes halogenated alkanes) is 3. The van der Waals surface area contributed by atoms with Crippen molar-refractivity contribution >= 4 is 5.78 Å². The van der Waals surface area contributed by atoms with Crippen LogP contribution in [0.2, 0.25) is 0 Å². The van der Waals surface area contributed by atoms with E-state index in [0.717, 1.165) is 25.7 Å². The third-order valence-electron chi connectivity index (χ3n) is 1.94. The second-order valence-electron chi connectivity index (χ2n) is 3.79. The molecule has 0 fully saturated rings. The van der Waals surface area contributed by atoms with Gasteiger partial charge in [0, 0.05) is 6.42 Å². The summed E-state index contributed by atoms with van der Waals surface area (Å²) in [6.45, 7) is 7.82. The van der Waals surface area contributed by atoms with Crippen LogP contribution in [-0.4, -0.2) is 18.5 Å². The first-order valence-electron chi connectivity index (χ1n) is 5.41. The van der Waals surface area contributed by atoms with Crippen molar-refractivity contribution in [3.8, 4) is 0 Å². The van der Waals surface area contributed by atoms with E-state index >= 15 is 0 Å². The van der Waals surface area contributed by atoms with E-state index in [1.54, 1.807) is 0 Å². The molecule has 2 nitrogen and oxygen atoms in total. The Morgan fingerprint density at radius 1 is 1.36 bits per heavy atom. The van der Waals surface area contributed by atoms with Gasteiger partial charge in [0.05, 0.1) is 6.10 Å². The third kappa shape index (κ3) is 9.46. The van der Waals surface area contributed by atoms with Crippen molar-refractivity contribution in [2.45, 2.75) is 52.1 Å². The van der Waals surface area contributed by atoms with Crippen molar-refractivity contribution in [2.24, 2.45) is 0 Å². The van der Waals surface area contributed by atoms with Crippen molar-refractivity contribution in [3.63, 3.8) is 0 Å². The number of allylic oxidation sites excluding steroid dienone is 1. The van der Waals surface area contributed by atoms with E-state index < -0.39 is 0 Å². The highest BCUT2D eigenvalue weighted by atomic mass is 16.5. The number of hydrogen-bond donors (Lipinski definition) is 0. The summed E-state index contributed by atoms with van der Waals surface area (Å²) in [4.78, 5) is 11.2. The lowest BCUT2D eigenvalue weighted by Crippen LogP contribution is -2.12. The van der Waals surface area contributed by atoms with Crippen LogP contribution in [0, 0.1) is 0 Å². The van der Waals surface area contributed by atoms with Gasteiger partial charge in [0.25, 0.3) is 0 Å². The number of carbonyl (C=O) groups is 1. The SMILES string of the molecule is C=CCCCCCC(=O)COC(C)C. The fourth-order valence-corrected chi connectivity index (χ4v) is 1.12. The first-order chi connectivity index (χ1) is 6.66. The Bertz CT molecular complexity index is 162. The maximum Gasteiger partial charge on any atom is 0.158 e. The summed E-state index contributed by atoms with van der Waals surface area (Å²) in [6, 6.07) is 0. The maximum atomic E-state index is 11.2. The lowest BCUT2D eigenvalue weighted by Gasteiger charge is -2.05. The molecule has 0 aromatic heterocycles. The Hall–Kier alpha value is -0.630. The van der Waals surface area contributed by atoms with Crippen LogP contribution in [0.4, 0.5) is 0 Å². The van der Waals surface area contributed by atoms with Crippen molar-refractivity contribution < 1.29 is 9.53 Å². The molecule has 0 unspecified atom stereocenters. The van der Waals surface area contributed by atoms with Crippen LogP contribution in [0.3, 0.4) is 0 Å². The van der Waals surface area contributed by atoms with Crippen molar-refractivity contribution in [1.29, 1.82) is 0 Å². The topological polar surface area (TPSA) is 26.3 Å². The van der Waals surface area contributed by atoms with Crippen molar-refractivity contribution in [3.05, 3.63) is 12.7 Å². The number of hydrogen-bond acceptors (Lipinski definition) is 2. The molecule has 0 radical (unpaired) electrons. The summed E-state index contributed by atoms with van der Waals surface area (Å²) in [5.74, 6) is 0.220. The van der Waals surface area contributed by atoms with Crippen molar-refractivity contribution in [2.75, 3.05) is 6.61 Å². The molecule has 0 heterocycles. The Balaban J connectivity index is 3.22. The van der Waals surface area contributed by atoms with Gasteiger partial charge in [-0.25, -0.2) is 0 Å². The monoisotopic (exact) mass is 198 g/mol. The average Bonchev–Trinajstić information content (AvgIpc) is 2.14. The Morgan fingerprint density at radius 3 is 2.64 bits per heavy atom. The fourth-order valence-electron chi connectivity index (χ4n) is 1.12. The molecule has 0 aliphatic carbocycles. The molecule has 0 aliphatic heterocycles. The molecule has 14 heavy (non-hydrogen) atoms. The molecule has 0 aromatic rings. The van der Waals surface area contributed by atoms with E-state index in [9.17, 15) is 4.79 Å². The summed E-state index contributed by atoms with van der Waals surface area (Å²) in [7, 11) is 0. The van der Waals surface area contributed by atoms with E-state index in [1.807, 2.05) is 19.9 Å². The van der Waals surface area contributed by atoms with Gasteiger partial charge in [-0.15, -0.1) is 6.58 Å². The minimum absolute atomic E-state index is 0.153. The van der Waals surface area contributed by atoms with Crippen LogP contribution in [0.25, 0.3) is 0 Å². The molecule has 0 amide bonds. The van der Waals surface area contributed by atoms with Gasteiger partial charge in [0.15, 0.2) is 5.78 Å². The van der Waals surface area contributed by atoms with E-state index in [0.29, 0.717) is 6.42 Å². The molecule has 0 rings (SSSR count). The van der Waals surface area contributed by atoms with Gasteiger partial charge in [-0.1, -0.05) is 12.5 Å². The molecule has 0 saturated heterocycles. The molecular formula is C12H22O2. The van der Waals surface area contributed by atoms with Crippen LogP contribution in [0.5, 0.6) is 0 Å². The first-order valence-corrected chi connectivity index (χ1v) is 5.41. The summed E-state index contributed by atoms with van der Waals surface area (Å²) < 4.78 is 5.22. The molecule has 0 spiro atoms. The van der Waals surface area contributed by atoms with E-state index in [1.165, 1.54) is 0 Å². The maximum absolute atomic E-state index is 11.2. The Kier molecular flexibility index (Phi) is 8.54. The molecule has 0 saturated carbocycles. The zero-order valence-electron chi connectivity index (χ0n) is 9.42. The highest BCUT2D eigenvalue weighted by molar-refractivity contribution is 5.79. The van der Waals surface area contributed by atoms with Crippen LogP contribution < -0.4 is 0 Å². The smallest absolute Gasteiger partial charge is 0.158 e. The zero-order valence-corrected chi connectivity index (χ0v) is 9.42. The first kappa shape index (κ1) is 13.4. The van der Waals surface area contributed by atoms with Gasteiger partial charge >= 0.3 is 0 Å². The Morgan fingerprint density at radius 2 is 2.07 bits per heavy atom. The lowest BCUT2D eigenvalue weighted by molar-refractivity contribution is -0.125. The molecule has 2 heteroatoms. The predicted molar refractivity (Wildman–Crippen MR) is 59.4 cm³/mol. The summed E-state index contributed by atoms with van der Waals surface area (Å²) >= 11 is 0. The molecule has 0 N–H and O–H groups in total. The van der Waals surface area contributed by atoms with Crippen LogP contribution >= 0.6 is 0 Å². The standard InChI is InChI=1S/C12H22O2/c1-4-5-6-7-8-9-12(13)10-14-11(2)3/h4,11H,1,5-10H2,2-3H3. The van der Waals surface area contributed by atoms with E-state index in [4.69, 9.17) is 4.74 Å². The van der Waals surface area contributed by atoms with Crippen molar-refractivity contribution in [1.82, 2.24) is 0 Å². The number of Topliss-reactive ketones (excluding diaryl/α,β-unsaturated/α-hetero) is 1. The van der Waals surface area contributed by atoms with Gasteiger partial charge in [-0.2, -0.15) is 0 Å². The van der Waals surface area contributed by atoms with Crippen LogP contribution in [0.15, 0.2) is 12.7 Å². The van der Waals surface area contributed by atoms with Gasteiger partial charge < -0.3 is 4.74 Å². The highest BCUT2D eigenvalue weighted by Crippen LogP contribution is 2.04. The van der Waals surface area contributed by atoms with Crippen LogP contribution in [0.1, 0.15) is 46.0 Å². The molecular weight excluding hydrogens is 176 g/mol.